The molecule has 0 aromatic rings. The first kappa shape index (κ1) is 21.8. The van der Waals surface area contributed by atoms with E-state index in [9.17, 15) is 9.67 Å². The Balaban J connectivity index is 1.96. The van der Waals surface area contributed by atoms with Gasteiger partial charge in [0.15, 0.2) is 0 Å². The van der Waals surface area contributed by atoms with Gasteiger partial charge >= 0.3 is 7.82 Å². The van der Waals surface area contributed by atoms with Gasteiger partial charge in [0, 0.05) is 17.5 Å². The monoisotopic (exact) mass is 412 g/mol. The summed E-state index contributed by atoms with van der Waals surface area (Å²) in [6, 6.07) is -0.00638. The molecule has 0 bridgehead atoms. The summed E-state index contributed by atoms with van der Waals surface area (Å²) in [5.41, 5.74) is 0. The quantitative estimate of drug-likeness (QED) is 0.263. The second-order valence-electron chi connectivity index (χ2n) is 5.84. The summed E-state index contributed by atoms with van der Waals surface area (Å²) in [5, 5.41) is 9.57. The number of ether oxygens (including phenoxy) is 2. The van der Waals surface area contributed by atoms with Crippen LogP contribution in [0.3, 0.4) is 0 Å². The molecule has 6 atom stereocenters. The maximum Gasteiger partial charge on any atom is 0.475 e. The Morgan fingerprint density at radius 2 is 2.12 bits per heavy atom. The van der Waals surface area contributed by atoms with Gasteiger partial charge in [-0.1, -0.05) is 34.6 Å². The van der Waals surface area contributed by atoms with Crippen LogP contribution in [0.4, 0.5) is 0 Å². The fourth-order valence-electron chi connectivity index (χ4n) is 2.32. The molecule has 2 rings (SSSR count). The average molecular weight is 412 g/mol. The summed E-state index contributed by atoms with van der Waals surface area (Å²) < 4.78 is 40.9. The Bertz CT molecular complexity index is 472. The van der Waals surface area contributed by atoms with Crippen LogP contribution in [0.2, 0.25) is 0 Å². The van der Waals surface area contributed by atoms with E-state index in [2.05, 4.69) is 6.58 Å². The van der Waals surface area contributed by atoms with Crippen molar-refractivity contribution >= 4 is 37.3 Å². The highest BCUT2D eigenvalue weighted by molar-refractivity contribution is 8.76. The lowest BCUT2D eigenvalue weighted by atomic mass is 9.97. The molecule has 2 saturated heterocycles. The normalized spacial score (nSPS) is 37.5. The largest absolute Gasteiger partial charge is 0.475 e. The van der Waals surface area contributed by atoms with Gasteiger partial charge in [-0.3, -0.25) is 13.6 Å². The molecule has 11 heteroatoms. The highest BCUT2D eigenvalue weighted by Crippen LogP contribution is 2.56. The molecule has 0 amide bonds. The van der Waals surface area contributed by atoms with Crippen molar-refractivity contribution in [2.75, 3.05) is 31.3 Å². The smallest absolute Gasteiger partial charge is 0.394 e. The van der Waals surface area contributed by atoms with Crippen molar-refractivity contribution in [3.63, 3.8) is 0 Å². The molecule has 0 saturated carbocycles. The minimum absolute atomic E-state index is 0.00638. The second-order valence-corrected chi connectivity index (χ2v) is 9.96. The molecule has 2 heterocycles. The molecule has 1 N–H and O–H groups in total. The van der Waals surface area contributed by atoms with E-state index in [0.717, 1.165) is 6.42 Å². The molecule has 0 spiro atoms. The number of aliphatic hydroxyl groups is 1. The van der Waals surface area contributed by atoms with Gasteiger partial charge in [-0.15, -0.1) is 6.58 Å². The van der Waals surface area contributed by atoms with Crippen molar-refractivity contribution in [2.24, 2.45) is 0 Å². The Morgan fingerprint density at radius 1 is 1.40 bits per heavy atom. The lowest BCUT2D eigenvalue weighted by Gasteiger charge is -2.38. The third kappa shape index (κ3) is 6.55. The Kier molecular flexibility index (Phi) is 9.35. The van der Waals surface area contributed by atoms with Crippen LogP contribution in [-0.4, -0.2) is 74.7 Å². The van der Waals surface area contributed by atoms with Gasteiger partial charge in [0.25, 0.3) is 0 Å². The highest BCUT2D eigenvalue weighted by Gasteiger charge is 2.45. The summed E-state index contributed by atoms with van der Waals surface area (Å²) in [4.78, 5) is 0. The molecule has 7 nitrogen and oxygen atoms in total. The Labute approximate surface area is 157 Å². The van der Waals surface area contributed by atoms with E-state index in [1.165, 1.54) is 0 Å². The predicted molar refractivity (Wildman–Crippen MR) is 103 cm³/mol. The first-order valence-electron chi connectivity index (χ1n) is 8.36. The number of phosphoric ester groups is 1. The molecule has 0 aromatic heterocycles. The number of hydrogen-bond acceptors (Lipinski definition) is 9. The number of hydrogen-bond donors (Lipinski definition) is 1. The molecule has 1 unspecified atom stereocenters. The van der Waals surface area contributed by atoms with Crippen LogP contribution in [0, 0.1) is 0 Å². The van der Waals surface area contributed by atoms with E-state index in [-0.39, 0.29) is 25.3 Å². The van der Waals surface area contributed by atoms with Crippen molar-refractivity contribution in [3.8, 4) is 0 Å². The van der Waals surface area contributed by atoms with Gasteiger partial charge in [-0.05, 0) is 6.42 Å². The fraction of sp³-hybridized carbons (Fsp3) is 0.857. The van der Waals surface area contributed by atoms with Crippen molar-refractivity contribution in [1.29, 1.82) is 0 Å². The first-order chi connectivity index (χ1) is 12.0. The fourth-order valence-corrected chi connectivity index (χ4v) is 6.43. The van der Waals surface area contributed by atoms with E-state index in [0.29, 0.717) is 18.1 Å². The number of aliphatic hydroxyl groups excluding tert-OH is 1. The standard InChI is InChI=1S/C14H26BO7PS2/c1-3-5-18-12-8-24-25-9-13(12)22-23(17)19-7-11(10(6-16)21-23)20-14(15)4-2/h3,10-14,16H,1,4-9,15H2,2H3/t10-,11?,12+,13+,14+,23-/m0/s1. The van der Waals surface area contributed by atoms with Crippen LogP contribution in [0.1, 0.15) is 13.3 Å². The van der Waals surface area contributed by atoms with Crippen LogP contribution in [0.15, 0.2) is 12.7 Å². The molecule has 2 aliphatic rings. The first-order valence-corrected chi connectivity index (χ1v) is 12.3. The van der Waals surface area contributed by atoms with Gasteiger partial charge in [-0.25, -0.2) is 4.57 Å². The summed E-state index contributed by atoms with van der Waals surface area (Å²) in [5.74, 6) is 1.33. The van der Waals surface area contributed by atoms with Gasteiger partial charge in [0.1, 0.15) is 26.2 Å². The molecule has 2 fully saturated rings. The average Bonchev–Trinajstić information content (AvgIpc) is 2.62. The van der Waals surface area contributed by atoms with E-state index in [1.807, 2.05) is 14.8 Å². The molecular formula is C14H26BO7PS2. The van der Waals surface area contributed by atoms with Crippen molar-refractivity contribution < 1.29 is 32.7 Å². The van der Waals surface area contributed by atoms with Gasteiger partial charge in [0.2, 0.25) is 0 Å². The molecule has 25 heavy (non-hydrogen) atoms. The van der Waals surface area contributed by atoms with Crippen molar-refractivity contribution in [3.05, 3.63) is 12.7 Å². The van der Waals surface area contributed by atoms with Gasteiger partial charge < -0.3 is 14.6 Å². The zero-order valence-corrected chi connectivity index (χ0v) is 17.1. The topological polar surface area (TPSA) is 83.5 Å². The lowest BCUT2D eigenvalue weighted by Crippen LogP contribution is -2.45. The van der Waals surface area contributed by atoms with Gasteiger partial charge in [0.05, 0.1) is 25.9 Å². The number of rotatable bonds is 9. The van der Waals surface area contributed by atoms with Crippen molar-refractivity contribution in [2.45, 2.75) is 43.8 Å². The van der Waals surface area contributed by atoms with Gasteiger partial charge in [-0.2, -0.15) is 0 Å². The Hall–Kier alpha value is 0.495. The van der Waals surface area contributed by atoms with E-state index >= 15 is 0 Å². The van der Waals surface area contributed by atoms with Crippen LogP contribution in [0.5, 0.6) is 0 Å². The SMILES string of the molecule is B[C@@H](CC)OC1CO[P@](=O)(O[C@@H]2CSSC[C@H]2OCC=C)O[C@H]1CO. The Morgan fingerprint density at radius 3 is 2.76 bits per heavy atom. The molecule has 0 radical (unpaired) electrons. The van der Waals surface area contributed by atoms with E-state index in [1.54, 1.807) is 27.7 Å². The second kappa shape index (κ2) is 10.7. The molecular weight excluding hydrogens is 386 g/mol. The molecule has 0 aromatic carbocycles. The third-order valence-corrected chi connectivity index (χ3v) is 7.83. The maximum absolute atomic E-state index is 12.9. The van der Waals surface area contributed by atoms with Crippen LogP contribution in [0.25, 0.3) is 0 Å². The zero-order chi connectivity index (χ0) is 18.3. The van der Waals surface area contributed by atoms with E-state index in [4.69, 9.17) is 23.0 Å². The molecule has 0 aliphatic carbocycles. The summed E-state index contributed by atoms with van der Waals surface area (Å²) in [6.45, 7) is 5.77. The highest BCUT2D eigenvalue weighted by atomic mass is 33.1. The minimum atomic E-state index is -3.78. The molecule has 144 valence electrons. The maximum atomic E-state index is 12.9. The van der Waals surface area contributed by atoms with Crippen LogP contribution < -0.4 is 0 Å². The van der Waals surface area contributed by atoms with Crippen molar-refractivity contribution in [1.82, 2.24) is 0 Å². The third-order valence-electron chi connectivity index (χ3n) is 3.89. The summed E-state index contributed by atoms with van der Waals surface area (Å²) in [6.07, 6.45) is 0.633. The summed E-state index contributed by atoms with van der Waals surface area (Å²) >= 11 is 0. The van der Waals surface area contributed by atoms with Crippen LogP contribution in [-0.2, 0) is 27.6 Å². The number of phosphoric acid groups is 1. The predicted octanol–water partition coefficient (Wildman–Crippen LogP) is 1.61. The zero-order valence-electron chi connectivity index (χ0n) is 14.6. The lowest BCUT2D eigenvalue weighted by molar-refractivity contribution is -0.124. The van der Waals surface area contributed by atoms with E-state index < -0.39 is 26.1 Å². The molecule has 2 aliphatic heterocycles. The summed E-state index contributed by atoms with van der Waals surface area (Å²) in [7, 11) is 1.45. The van der Waals surface area contributed by atoms with Crippen LogP contribution >= 0.6 is 29.4 Å². The minimum Gasteiger partial charge on any atom is -0.394 e.